The highest BCUT2D eigenvalue weighted by Gasteiger charge is 2.19. The van der Waals surface area contributed by atoms with Gasteiger partial charge in [0.05, 0.1) is 12.8 Å². The Bertz CT molecular complexity index is 590. The van der Waals surface area contributed by atoms with E-state index < -0.39 is 5.97 Å². The fraction of sp³-hybridized carbons (Fsp3) is 0.417. The van der Waals surface area contributed by atoms with Crippen LogP contribution in [-0.4, -0.2) is 32.3 Å². The highest BCUT2D eigenvalue weighted by Crippen LogP contribution is 2.24. The van der Waals surface area contributed by atoms with E-state index in [0.29, 0.717) is 5.65 Å². The smallest absolute Gasteiger partial charge is 0.345 e. The van der Waals surface area contributed by atoms with Crippen LogP contribution >= 0.6 is 0 Å². The quantitative estimate of drug-likeness (QED) is 0.838. The Labute approximate surface area is 104 Å². The van der Waals surface area contributed by atoms with Crippen molar-refractivity contribution in [2.75, 3.05) is 6.61 Å². The Balaban J connectivity index is 2.55. The normalized spacial score (nSPS) is 11.1. The predicted molar refractivity (Wildman–Crippen MR) is 64.7 cm³/mol. The Morgan fingerprint density at radius 1 is 1.50 bits per heavy atom. The first-order valence-electron chi connectivity index (χ1n) is 5.79. The van der Waals surface area contributed by atoms with Crippen LogP contribution < -0.4 is 0 Å². The highest BCUT2D eigenvalue weighted by molar-refractivity contribution is 5.91. The van der Waals surface area contributed by atoms with E-state index in [1.54, 1.807) is 13.1 Å². The second-order valence-corrected chi connectivity index (χ2v) is 4.21. The minimum atomic E-state index is -0.606. The van der Waals surface area contributed by atoms with Crippen LogP contribution in [0.3, 0.4) is 0 Å². The van der Waals surface area contributed by atoms with Gasteiger partial charge in [0.25, 0.3) is 0 Å². The number of fused-ring (bicyclic) bond motifs is 1. The molecule has 96 valence electrons. The monoisotopic (exact) mass is 249 g/mol. The van der Waals surface area contributed by atoms with Gasteiger partial charge in [-0.2, -0.15) is 9.61 Å². The van der Waals surface area contributed by atoms with Gasteiger partial charge in [0.1, 0.15) is 5.56 Å². The maximum atomic E-state index is 11.6. The Hall–Kier alpha value is -2.11. The van der Waals surface area contributed by atoms with Crippen molar-refractivity contribution in [3.63, 3.8) is 0 Å². The number of ether oxygens (including phenoxy) is 1. The summed E-state index contributed by atoms with van der Waals surface area (Å²) in [6, 6.07) is 0. The van der Waals surface area contributed by atoms with E-state index in [4.69, 9.17) is 4.74 Å². The number of esters is 1. The first-order valence-corrected chi connectivity index (χ1v) is 5.79. The zero-order valence-electron chi connectivity index (χ0n) is 10.5. The van der Waals surface area contributed by atoms with E-state index in [2.05, 4.69) is 10.1 Å². The van der Waals surface area contributed by atoms with E-state index in [1.807, 2.05) is 13.8 Å². The molecule has 0 aliphatic heterocycles. The first-order chi connectivity index (χ1) is 8.56. The van der Waals surface area contributed by atoms with E-state index in [0.717, 1.165) is 5.56 Å². The molecule has 0 aliphatic carbocycles. The number of aromatic hydroxyl groups is 1. The summed E-state index contributed by atoms with van der Waals surface area (Å²) in [4.78, 5) is 15.8. The third-order valence-corrected chi connectivity index (χ3v) is 2.65. The molecular weight excluding hydrogens is 234 g/mol. The fourth-order valence-electron chi connectivity index (χ4n) is 1.70. The summed E-state index contributed by atoms with van der Waals surface area (Å²) >= 11 is 0. The first kappa shape index (κ1) is 12.3. The summed E-state index contributed by atoms with van der Waals surface area (Å²) in [5, 5.41) is 14.0. The highest BCUT2D eigenvalue weighted by atomic mass is 16.5. The number of carbonyl (C=O) groups excluding carboxylic acids is 1. The van der Waals surface area contributed by atoms with Gasteiger partial charge in [-0.1, -0.05) is 13.8 Å². The Morgan fingerprint density at radius 3 is 2.83 bits per heavy atom. The van der Waals surface area contributed by atoms with Gasteiger partial charge in [0, 0.05) is 11.8 Å². The van der Waals surface area contributed by atoms with Crippen LogP contribution in [0, 0.1) is 0 Å². The van der Waals surface area contributed by atoms with Crippen molar-refractivity contribution < 1.29 is 14.6 Å². The molecule has 0 atom stereocenters. The number of carbonyl (C=O) groups is 1. The molecule has 0 saturated heterocycles. The van der Waals surface area contributed by atoms with Crippen molar-refractivity contribution in [2.45, 2.75) is 26.7 Å². The lowest BCUT2D eigenvalue weighted by atomic mass is 10.1. The molecule has 0 aliphatic rings. The molecule has 0 aromatic carbocycles. The van der Waals surface area contributed by atoms with Crippen LogP contribution in [0.5, 0.6) is 5.88 Å². The molecule has 0 amide bonds. The molecule has 0 radical (unpaired) electrons. The van der Waals surface area contributed by atoms with E-state index in [1.165, 1.54) is 10.7 Å². The number of rotatable bonds is 3. The minimum Gasteiger partial charge on any atom is -0.493 e. The van der Waals surface area contributed by atoms with Crippen molar-refractivity contribution in [1.82, 2.24) is 14.6 Å². The molecule has 1 N–H and O–H groups in total. The molecule has 2 aromatic rings. The summed E-state index contributed by atoms with van der Waals surface area (Å²) < 4.78 is 6.08. The van der Waals surface area contributed by atoms with Crippen molar-refractivity contribution in [1.29, 1.82) is 0 Å². The fourth-order valence-corrected chi connectivity index (χ4v) is 1.70. The molecule has 0 bridgehead atoms. The molecule has 6 heteroatoms. The van der Waals surface area contributed by atoms with Crippen molar-refractivity contribution >= 4 is 11.6 Å². The molecule has 18 heavy (non-hydrogen) atoms. The third-order valence-electron chi connectivity index (χ3n) is 2.65. The van der Waals surface area contributed by atoms with Gasteiger partial charge in [-0.15, -0.1) is 0 Å². The molecule has 2 aromatic heterocycles. The zero-order chi connectivity index (χ0) is 13.3. The molecule has 0 spiro atoms. The molecule has 0 unspecified atom stereocenters. The maximum absolute atomic E-state index is 11.6. The standard InChI is InChI=1S/C12H15N3O3/c1-4-18-12(17)9-5-13-10-8(7(2)3)6-14-15(10)11(9)16/h5-7,16H,4H2,1-3H3. The molecule has 2 rings (SSSR count). The minimum absolute atomic E-state index is 0.0164. The van der Waals surface area contributed by atoms with E-state index in [-0.39, 0.29) is 24.0 Å². The summed E-state index contributed by atoms with van der Waals surface area (Å²) in [6.07, 6.45) is 2.96. The number of hydrogen-bond acceptors (Lipinski definition) is 5. The lowest BCUT2D eigenvalue weighted by molar-refractivity contribution is 0.0521. The number of aromatic nitrogens is 3. The topological polar surface area (TPSA) is 76.7 Å². The van der Waals surface area contributed by atoms with Crippen molar-refractivity contribution in [3.8, 4) is 5.88 Å². The van der Waals surface area contributed by atoms with Crippen LogP contribution in [0.15, 0.2) is 12.4 Å². The molecular formula is C12H15N3O3. The SMILES string of the molecule is CCOC(=O)c1cnc2c(C(C)C)cnn2c1O. The third kappa shape index (κ3) is 1.90. The Morgan fingerprint density at radius 2 is 2.22 bits per heavy atom. The van der Waals surface area contributed by atoms with Crippen LogP contribution in [0.25, 0.3) is 5.65 Å². The van der Waals surface area contributed by atoms with Crippen LogP contribution in [0.1, 0.15) is 42.6 Å². The van der Waals surface area contributed by atoms with Crippen LogP contribution in [-0.2, 0) is 4.74 Å². The average molecular weight is 249 g/mol. The summed E-state index contributed by atoms with van der Waals surface area (Å²) in [7, 11) is 0. The van der Waals surface area contributed by atoms with E-state index in [9.17, 15) is 9.90 Å². The van der Waals surface area contributed by atoms with E-state index >= 15 is 0 Å². The van der Waals surface area contributed by atoms with Crippen LogP contribution in [0.4, 0.5) is 0 Å². The lowest BCUT2D eigenvalue weighted by Crippen LogP contribution is -2.08. The largest absolute Gasteiger partial charge is 0.493 e. The number of nitrogens with zero attached hydrogens (tertiary/aromatic N) is 3. The lowest BCUT2D eigenvalue weighted by Gasteiger charge is -2.06. The maximum Gasteiger partial charge on any atom is 0.345 e. The molecule has 2 heterocycles. The number of hydrogen-bond donors (Lipinski definition) is 1. The van der Waals surface area contributed by atoms with Gasteiger partial charge >= 0.3 is 5.97 Å². The van der Waals surface area contributed by atoms with Crippen molar-refractivity contribution in [3.05, 3.63) is 23.5 Å². The second kappa shape index (κ2) is 4.64. The predicted octanol–water partition coefficient (Wildman–Crippen LogP) is 1.73. The molecule has 0 fully saturated rings. The summed E-state index contributed by atoms with van der Waals surface area (Å²) in [5.74, 6) is -0.612. The van der Waals surface area contributed by atoms with Crippen LogP contribution in [0.2, 0.25) is 0 Å². The van der Waals surface area contributed by atoms with Gasteiger partial charge in [0.2, 0.25) is 5.88 Å². The van der Waals surface area contributed by atoms with Gasteiger partial charge in [0.15, 0.2) is 5.65 Å². The van der Waals surface area contributed by atoms with Crippen molar-refractivity contribution in [2.24, 2.45) is 0 Å². The van der Waals surface area contributed by atoms with Gasteiger partial charge < -0.3 is 9.84 Å². The van der Waals surface area contributed by atoms with Gasteiger partial charge in [-0.25, -0.2) is 9.78 Å². The average Bonchev–Trinajstić information content (AvgIpc) is 2.74. The Kier molecular flexibility index (Phi) is 3.18. The molecule has 0 saturated carbocycles. The molecule has 6 nitrogen and oxygen atoms in total. The summed E-state index contributed by atoms with van der Waals surface area (Å²) in [5.41, 5.74) is 1.49. The summed E-state index contributed by atoms with van der Waals surface area (Å²) in [6.45, 7) is 5.96. The zero-order valence-corrected chi connectivity index (χ0v) is 10.5. The second-order valence-electron chi connectivity index (χ2n) is 4.21. The van der Waals surface area contributed by atoms with Gasteiger partial charge in [-0.05, 0) is 12.8 Å². The van der Waals surface area contributed by atoms with Gasteiger partial charge in [-0.3, -0.25) is 0 Å².